The molecule has 0 atom stereocenters. The molecule has 1 fully saturated rings. The Labute approximate surface area is 216 Å². The van der Waals surface area contributed by atoms with Crippen LogP contribution in [0.5, 0.6) is 11.5 Å². The van der Waals surface area contributed by atoms with E-state index in [1.54, 1.807) is 7.11 Å². The fraction of sp³-hybridized carbons (Fsp3) is 0.423. The van der Waals surface area contributed by atoms with Crippen LogP contribution in [-0.2, 0) is 11.3 Å². The summed E-state index contributed by atoms with van der Waals surface area (Å²) in [5.74, 6) is 1.77. The van der Waals surface area contributed by atoms with Crippen molar-refractivity contribution < 1.29 is 19.1 Å². The number of amides is 2. The molecular formula is C26H33N5O4S. The van der Waals surface area contributed by atoms with Gasteiger partial charge in [-0.25, -0.2) is 5.01 Å². The highest BCUT2D eigenvalue weighted by atomic mass is 32.2. The minimum atomic E-state index is -0.0979. The summed E-state index contributed by atoms with van der Waals surface area (Å²) in [5.41, 5.74) is 3.35. The van der Waals surface area contributed by atoms with Crippen molar-refractivity contribution in [3.05, 3.63) is 53.6 Å². The van der Waals surface area contributed by atoms with E-state index in [1.165, 1.54) is 16.8 Å². The van der Waals surface area contributed by atoms with Gasteiger partial charge in [-0.15, -0.1) is 0 Å². The lowest BCUT2D eigenvalue weighted by Gasteiger charge is -2.26. The number of benzene rings is 2. The lowest BCUT2D eigenvalue weighted by molar-refractivity contribution is -0.117. The molecule has 2 aromatic carbocycles. The summed E-state index contributed by atoms with van der Waals surface area (Å²) >= 11 is 1.22. The van der Waals surface area contributed by atoms with Crippen molar-refractivity contribution in [3.63, 3.8) is 0 Å². The van der Waals surface area contributed by atoms with E-state index in [0.717, 1.165) is 48.7 Å². The summed E-state index contributed by atoms with van der Waals surface area (Å²) in [6.07, 6.45) is 0.00437. The highest BCUT2D eigenvalue weighted by Gasteiger charge is 2.23. The number of hydrogen-bond acceptors (Lipinski definition) is 8. The van der Waals surface area contributed by atoms with Crippen molar-refractivity contribution in [2.45, 2.75) is 26.5 Å². The topological polar surface area (TPSA) is 95.5 Å². The number of hydrazone groups is 1. The van der Waals surface area contributed by atoms with Crippen molar-refractivity contribution in [3.8, 4) is 11.5 Å². The summed E-state index contributed by atoms with van der Waals surface area (Å²) in [4.78, 5) is 27.1. The largest absolute Gasteiger partial charge is 0.493 e. The Morgan fingerprint density at radius 2 is 1.89 bits per heavy atom. The third kappa shape index (κ3) is 6.99. The lowest BCUT2D eigenvalue weighted by Crippen LogP contribution is -2.46. The lowest BCUT2D eigenvalue weighted by atomic mass is 10.1. The summed E-state index contributed by atoms with van der Waals surface area (Å²) in [5, 5.41) is 12.3. The van der Waals surface area contributed by atoms with E-state index in [2.05, 4.69) is 20.6 Å². The van der Waals surface area contributed by atoms with E-state index < -0.39 is 0 Å². The first kappa shape index (κ1) is 26.0. The van der Waals surface area contributed by atoms with Gasteiger partial charge < -0.3 is 20.1 Å². The van der Waals surface area contributed by atoms with Crippen molar-refractivity contribution in [2.24, 2.45) is 5.10 Å². The quantitative estimate of drug-likeness (QED) is 0.533. The molecule has 0 radical (unpaired) electrons. The van der Waals surface area contributed by atoms with Gasteiger partial charge in [0, 0.05) is 43.2 Å². The third-order valence-corrected chi connectivity index (χ3v) is 6.67. The van der Waals surface area contributed by atoms with Crippen LogP contribution in [0.15, 0.2) is 47.6 Å². The average Bonchev–Trinajstić information content (AvgIpc) is 2.86. The average molecular weight is 512 g/mol. The zero-order chi connectivity index (χ0) is 25.5. The number of methoxy groups -OCH3 is 1. The summed E-state index contributed by atoms with van der Waals surface area (Å²) in [7, 11) is 1.61. The summed E-state index contributed by atoms with van der Waals surface area (Å²) < 4.78 is 11.3. The van der Waals surface area contributed by atoms with Crippen LogP contribution in [-0.4, -0.2) is 78.5 Å². The number of anilines is 1. The molecule has 0 aliphatic carbocycles. The molecule has 2 aliphatic rings. The van der Waals surface area contributed by atoms with E-state index in [4.69, 9.17) is 9.47 Å². The van der Waals surface area contributed by atoms with E-state index >= 15 is 0 Å². The van der Waals surface area contributed by atoms with Gasteiger partial charge in [-0.2, -0.15) is 5.10 Å². The van der Waals surface area contributed by atoms with Crippen LogP contribution >= 0.6 is 11.8 Å². The molecule has 9 nitrogen and oxygen atoms in total. The highest BCUT2D eigenvalue weighted by Crippen LogP contribution is 2.31. The number of thioether (sulfide) groups is 1. The van der Waals surface area contributed by atoms with Gasteiger partial charge >= 0.3 is 5.24 Å². The number of nitrogens with zero attached hydrogens (tertiary/aromatic N) is 3. The SMILES string of the molecule is COc1ccc(C2=NN(Cc3ccc(NC(=O)CN4CCNCC4)cc3)C(=O)SC2)cc1OC(C)C. The second-order valence-corrected chi connectivity index (χ2v) is 9.89. The normalized spacial score (nSPS) is 16.6. The number of ether oxygens (including phenoxy) is 2. The van der Waals surface area contributed by atoms with Crippen LogP contribution < -0.4 is 20.1 Å². The summed E-state index contributed by atoms with van der Waals surface area (Å²) in [6, 6.07) is 13.2. The molecular weight excluding hydrogens is 478 g/mol. The van der Waals surface area contributed by atoms with Crippen LogP contribution in [0, 0.1) is 0 Å². The molecule has 10 heteroatoms. The molecule has 2 aromatic rings. The van der Waals surface area contributed by atoms with Gasteiger partial charge in [-0.3, -0.25) is 14.5 Å². The minimum absolute atomic E-state index is 0.00437. The van der Waals surface area contributed by atoms with Crippen LogP contribution in [0.25, 0.3) is 0 Å². The zero-order valence-electron chi connectivity index (χ0n) is 21.0. The van der Waals surface area contributed by atoms with Crippen LogP contribution in [0.3, 0.4) is 0 Å². The van der Waals surface area contributed by atoms with Crippen molar-refractivity contribution in [1.82, 2.24) is 15.2 Å². The molecule has 2 aliphatic heterocycles. The predicted molar refractivity (Wildman–Crippen MR) is 143 cm³/mol. The van der Waals surface area contributed by atoms with Crippen LogP contribution in [0.2, 0.25) is 0 Å². The molecule has 0 unspecified atom stereocenters. The smallest absolute Gasteiger partial charge is 0.302 e. The number of rotatable bonds is 9. The highest BCUT2D eigenvalue weighted by molar-refractivity contribution is 8.14. The van der Waals surface area contributed by atoms with Crippen molar-refractivity contribution in [2.75, 3.05) is 50.9 Å². The van der Waals surface area contributed by atoms with Gasteiger partial charge in [0.15, 0.2) is 11.5 Å². The Bertz CT molecular complexity index is 1100. The van der Waals surface area contributed by atoms with Gasteiger partial charge in [0.25, 0.3) is 0 Å². The molecule has 2 heterocycles. The predicted octanol–water partition coefficient (Wildman–Crippen LogP) is 3.40. The molecule has 0 bridgehead atoms. The number of nitrogens with one attached hydrogen (secondary N) is 2. The molecule has 2 amide bonds. The van der Waals surface area contributed by atoms with Crippen LogP contribution in [0.4, 0.5) is 10.5 Å². The van der Waals surface area contributed by atoms with Crippen LogP contribution in [0.1, 0.15) is 25.0 Å². The molecule has 0 spiro atoms. The zero-order valence-corrected chi connectivity index (χ0v) is 21.8. The molecule has 0 saturated carbocycles. The Balaban J connectivity index is 1.40. The maximum Gasteiger partial charge on any atom is 0.302 e. The Hall–Kier alpha value is -3.08. The minimum Gasteiger partial charge on any atom is -0.493 e. The van der Waals surface area contributed by atoms with E-state index in [1.807, 2.05) is 56.3 Å². The third-order valence-electron chi connectivity index (χ3n) is 5.79. The fourth-order valence-electron chi connectivity index (χ4n) is 4.00. The molecule has 0 aromatic heterocycles. The number of hydrogen-bond donors (Lipinski definition) is 2. The second-order valence-electron chi connectivity index (χ2n) is 8.96. The monoisotopic (exact) mass is 511 g/mol. The van der Waals surface area contributed by atoms with Crippen molar-refractivity contribution >= 4 is 34.3 Å². The van der Waals surface area contributed by atoms with Gasteiger partial charge in [-0.05, 0) is 49.7 Å². The Kier molecular flexibility index (Phi) is 8.84. The standard InChI is InChI=1S/C26H33N5O4S/c1-18(2)35-24-14-20(6-9-23(24)34-3)22-17-36-26(33)31(29-22)15-19-4-7-21(8-5-19)28-25(32)16-30-12-10-27-11-13-30/h4-9,14,18,27H,10-13,15-17H2,1-3H3,(H,28,32). The van der Waals surface area contributed by atoms with Gasteiger partial charge in [0.1, 0.15) is 0 Å². The maximum absolute atomic E-state index is 12.6. The van der Waals surface area contributed by atoms with Gasteiger partial charge in [0.2, 0.25) is 5.91 Å². The van der Waals surface area contributed by atoms with E-state index in [0.29, 0.717) is 30.3 Å². The summed E-state index contributed by atoms with van der Waals surface area (Å²) in [6.45, 7) is 8.22. The maximum atomic E-state index is 12.6. The molecule has 36 heavy (non-hydrogen) atoms. The van der Waals surface area contributed by atoms with E-state index in [-0.39, 0.29) is 17.3 Å². The van der Waals surface area contributed by atoms with Crippen molar-refractivity contribution in [1.29, 1.82) is 0 Å². The number of piperazine rings is 1. The number of carbonyl (C=O) groups excluding carboxylic acids is 2. The second kappa shape index (κ2) is 12.2. The first-order valence-electron chi connectivity index (χ1n) is 12.1. The first-order valence-corrected chi connectivity index (χ1v) is 13.1. The van der Waals surface area contributed by atoms with Gasteiger partial charge in [0.05, 0.1) is 32.0 Å². The molecule has 192 valence electrons. The van der Waals surface area contributed by atoms with Gasteiger partial charge in [-0.1, -0.05) is 23.9 Å². The molecule has 1 saturated heterocycles. The first-order chi connectivity index (χ1) is 17.4. The fourth-order valence-corrected chi connectivity index (χ4v) is 4.74. The Morgan fingerprint density at radius 1 is 1.14 bits per heavy atom. The molecule has 2 N–H and O–H groups in total. The van der Waals surface area contributed by atoms with E-state index in [9.17, 15) is 9.59 Å². The number of carbonyl (C=O) groups is 2. The Morgan fingerprint density at radius 3 is 2.58 bits per heavy atom. The molecule has 4 rings (SSSR count).